The zero-order chi connectivity index (χ0) is 17.4. The SMILES string of the molecule is C=C[C@H]1C[C@@H](OCOC)C[C@@H](c2ccc(OCOC)c(OC)c2)O1. The minimum Gasteiger partial charge on any atom is -0.493 e. The van der Waals surface area contributed by atoms with Gasteiger partial charge in [0.1, 0.15) is 6.79 Å². The van der Waals surface area contributed by atoms with Crippen LogP contribution >= 0.6 is 0 Å². The van der Waals surface area contributed by atoms with Crippen molar-refractivity contribution in [2.24, 2.45) is 0 Å². The van der Waals surface area contributed by atoms with Crippen LogP contribution in [0.1, 0.15) is 24.5 Å². The summed E-state index contributed by atoms with van der Waals surface area (Å²) in [6.07, 6.45) is 3.23. The maximum Gasteiger partial charge on any atom is 0.188 e. The summed E-state index contributed by atoms with van der Waals surface area (Å²) >= 11 is 0. The number of benzene rings is 1. The minimum absolute atomic E-state index is 0.0546. The van der Waals surface area contributed by atoms with E-state index in [1.54, 1.807) is 21.3 Å². The molecule has 6 heteroatoms. The van der Waals surface area contributed by atoms with Crippen LogP contribution in [0.4, 0.5) is 0 Å². The maximum atomic E-state index is 6.09. The summed E-state index contributed by atoms with van der Waals surface area (Å²) < 4.78 is 32.7. The quantitative estimate of drug-likeness (QED) is 0.509. The Morgan fingerprint density at radius 3 is 2.58 bits per heavy atom. The summed E-state index contributed by atoms with van der Waals surface area (Å²) in [4.78, 5) is 0. The molecule has 24 heavy (non-hydrogen) atoms. The normalized spacial score (nSPS) is 23.7. The highest BCUT2D eigenvalue weighted by Gasteiger charge is 2.30. The molecule has 0 saturated carbocycles. The molecule has 134 valence electrons. The lowest BCUT2D eigenvalue weighted by molar-refractivity contribution is -0.139. The highest BCUT2D eigenvalue weighted by atomic mass is 16.7. The van der Waals surface area contributed by atoms with Gasteiger partial charge < -0.3 is 28.4 Å². The molecule has 6 nitrogen and oxygen atoms in total. The van der Waals surface area contributed by atoms with Crippen LogP contribution in [0.2, 0.25) is 0 Å². The fourth-order valence-corrected chi connectivity index (χ4v) is 2.71. The Morgan fingerprint density at radius 2 is 1.92 bits per heavy atom. The molecule has 0 spiro atoms. The number of hydrogen-bond donors (Lipinski definition) is 0. The average Bonchev–Trinajstić information content (AvgIpc) is 2.64. The van der Waals surface area contributed by atoms with Crippen LogP contribution in [-0.2, 0) is 18.9 Å². The molecule has 0 radical (unpaired) electrons. The van der Waals surface area contributed by atoms with E-state index in [0.717, 1.165) is 18.4 Å². The second kappa shape index (κ2) is 9.64. The van der Waals surface area contributed by atoms with Gasteiger partial charge in [0.05, 0.1) is 25.4 Å². The van der Waals surface area contributed by atoms with Crippen molar-refractivity contribution in [2.45, 2.75) is 31.2 Å². The topological polar surface area (TPSA) is 55.4 Å². The van der Waals surface area contributed by atoms with Crippen LogP contribution in [0.3, 0.4) is 0 Å². The van der Waals surface area contributed by atoms with E-state index in [2.05, 4.69) is 6.58 Å². The first-order valence-corrected chi connectivity index (χ1v) is 7.90. The average molecular weight is 338 g/mol. The Bertz CT molecular complexity index is 518. The lowest BCUT2D eigenvalue weighted by atomic mass is 9.95. The summed E-state index contributed by atoms with van der Waals surface area (Å²) in [5.41, 5.74) is 1.01. The molecule has 1 aromatic rings. The molecule has 1 aliphatic heterocycles. The van der Waals surface area contributed by atoms with Gasteiger partial charge in [-0.1, -0.05) is 12.1 Å². The molecule has 1 aromatic carbocycles. The first kappa shape index (κ1) is 18.7. The van der Waals surface area contributed by atoms with Crippen molar-refractivity contribution in [1.29, 1.82) is 0 Å². The molecule has 0 aliphatic carbocycles. The number of rotatable bonds is 9. The predicted octanol–water partition coefficient (Wildman–Crippen LogP) is 3.07. The van der Waals surface area contributed by atoms with Gasteiger partial charge in [0.2, 0.25) is 0 Å². The minimum atomic E-state index is -0.103. The van der Waals surface area contributed by atoms with E-state index in [0.29, 0.717) is 11.5 Å². The van der Waals surface area contributed by atoms with Crippen molar-refractivity contribution in [3.05, 3.63) is 36.4 Å². The van der Waals surface area contributed by atoms with Crippen LogP contribution in [-0.4, -0.2) is 47.1 Å². The summed E-state index contributed by atoms with van der Waals surface area (Å²) in [5, 5.41) is 0. The van der Waals surface area contributed by atoms with Gasteiger partial charge in [-0.05, 0) is 17.7 Å². The molecule has 0 N–H and O–H groups in total. The number of methoxy groups -OCH3 is 3. The van der Waals surface area contributed by atoms with Crippen LogP contribution in [0.15, 0.2) is 30.9 Å². The number of ether oxygens (including phenoxy) is 6. The Morgan fingerprint density at radius 1 is 1.12 bits per heavy atom. The third-order valence-corrected chi connectivity index (χ3v) is 3.89. The van der Waals surface area contributed by atoms with Gasteiger partial charge in [-0.25, -0.2) is 0 Å². The van der Waals surface area contributed by atoms with Crippen molar-refractivity contribution in [3.8, 4) is 11.5 Å². The van der Waals surface area contributed by atoms with Crippen molar-refractivity contribution < 1.29 is 28.4 Å². The molecular weight excluding hydrogens is 312 g/mol. The van der Waals surface area contributed by atoms with Crippen LogP contribution in [0, 0.1) is 0 Å². The molecule has 1 fully saturated rings. The smallest absolute Gasteiger partial charge is 0.188 e. The number of hydrogen-bond acceptors (Lipinski definition) is 6. The largest absolute Gasteiger partial charge is 0.493 e. The Balaban J connectivity index is 2.14. The van der Waals surface area contributed by atoms with Crippen molar-refractivity contribution >= 4 is 0 Å². The summed E-state index contributed by atoms with van der Waals surface area (Å²) in [7, 11) is 4.80. The maximum absolute atomic E-state index is 6.09. The van der Waals surface area contributed by atoms with Gasteiger partial charge in [0.25, 0.3) is 0 Å². The summed E-state index contributed by atoms with van der Waals surface area (Å²) in [5.74, 6) is 1.27. The Hall–Kier alpha value is -1.60. The second-order valence-corrected chi connectivity index (χ2v) is 5.53. The van der Waals surface area contributed by atoms with Gasteiger partial charge in [-0.3, -0.25) is 0 Å². The fourth-order valence-electron chi connectivity index (χ4n) is 2.71. The zero-order valence-corrected chi connectivity index (χ0v) is 14.5. The second-order valence-electron chi connectivity index (χ2n) is 5.53. The van der Waals surface area contributed by atoms with Crippen LogP contribution in [0.25, 0.3) is 0 Å². The van der Waals surface area contributed by atoms with Gasteiger partial charge >= 0.3 is 0 Å². The van der Waals surface area contributed by atoms with E-state index in [-0.39, 0.29) is 31.9 Å². The molecule has 0 amide bonds. The fraction of sp³-hybridized carbons (Fsp3) is 0.556. The van der Waals surface area contributed by atoms with E-state index < -0.39 is 0 Å². The molecule has 2 rings (SSSR count). The van der Waals surface area contributed by atoms with E-state index in [1.165, 1.54) is 0 Å². The first-order valence-electron chi connectivity index (χ1n) is 7.90. The van der Waals surface area contributed by atoms with Gasteiger partial charge in [-0.15, -0.1) is 6.58 Å². The standard InChI is InChI=1S/C18H26O6/c1-5-14-9-15(22-11-19-2)10-17(24-14)13-6-7-16(23-12-20-3)18(8-13)21-4/h5-8,14-15,17H,1,9-12H2,2-4H3/t14-,15+,17-/m0/s1. The monoisotopic (exact) mass is 338 g/mol. The molecule has 0 bridgehead atoms. The van der Waals surface area contributed by atoms with E-state index in [4.69, 9.17) is 28.4 Å². The van der Waals surface area contributed by atoms with Gasteiger partial charge in [0, 0.05) is 27.1 Å². The van der Waals surface area contributed by atoms with Crippen LogP contribution in [0.5, 0.6) is 11.5 Å². The van der Waals surface area contributed by atoms with Crippen LogP contribution < -0.4 is 9.47 Å². The van der Waals surface area contributed by atoms with Gasteiger partial charge in [-0.2, -0.15) is 0 Å². The van der Waals surface area contributed by atoms with Crippen molar-refractivity contribution in [3.63, 3.8) is 0 Å². The molecule has 3 atom stereocenters. The summed E-state index contributed by atoms with van der Waals surface area (Å²) in [6.45, 7) is 4.28. The molecule has 0 aromatic heterocycles. The molecular formula is C18H26O6. The third-order valence-electron chi connectivity index (χ3n) is 3.89. The molecule has 1 aliphatic rings. The Labute approximate surface area is 143 Å². The lowest BCUT2D eigenvalue weighted by Crippen LogP contribution is -2.32. The molecule has 1 heterocycles. The lowest BCUT2D eigenvalue weighted by Gasteiger charge is -2.34. The summed E-state index contributed by atoms with van der Waals surface area (Å²) in [6, 6.07) is 5.75. The Kier molecular flexibility index (Phi) is 7.52. The first-order chi connectivity index (χ1) is 11.7. The molecule has 0 unspecified atom stereocenters. The van der Waals surface area contributed by atoms with E-state index in [1.807, 2.05) is 24.3 Å². The van der Waals surface area contributed by atoms with E-state index in [9.17, 15) is 0 Å². The predicted molar refractivity (Wildman–Crippen MR) is 89.3 cm³/mol. The zero-order valence-electron chi connectivity index (χ0n) is 14.5. The van der Waals surface area contributed by atoms with Gasteiger partial charge in [0.15, 0.2) is 18.3 Å². The third kappa shape index (κ3) is 4.95. The van der Waals surface area contributed by atoms with Crippen molar-refractivity contribution in [1.82, 2.24) is 0 Å². The highest BCUT2D eigenvalue weighted by molar-refractivity contribution is 5.43. The molecule has 1 saturated heterocycles. The van der Waals surface area contributed by atoms with Crippen molar-refractivity contribution in [2.75, 3.05) is 34.9 Å². The highest BCUT2D eigenvalue weighted by Crippen LogP contribution is 2.37. The van der Waals surface area contributed by atoms with E-state index >= 15 is 0 Å².